The van der Waals surface area contributed by atoms with Gasteiger partial charge in [-0.2, -0.15) is 10.2 Å². The van der Waals surface area contributed by atoms with Crippen LogP contribution in [0.15, 0.2) is 59.5 Å². The first-order chi connectivity index (χ1) is 24.6. The number of benzene rings is 2. The van der Waals surface area contributed by atoms with Gasteiger partial charge in [0.1, 0.15) is 6.04 Å². The van der Waals surface area contributed by atoms with Gasteiger partial charge in [0.25, 0.3) is 17.4 Å². The fourth-order valence-corrected chi connectivity index (χ4v) is 4.50. The van der Waals surface area contributed by atoms with Gasteiger partial charge in [0.15, 0.2) is 11.2 Å². The quantitative estimate of drug-likeness (QED) is 0.0649. The summed E-state index contributed by atoms with van der Waals surface area (Å²) in [6.07, 6.45) is 1.19. The monoisotopic (exact) mass is 700 g/mol. The molecule has 0 fully saturated rings. The van der Waals surface area contributed by atoms with Crippen LogP contribution < -0.4 is 32.6 Å². The number of carbonyl (C=O) groups excluding carboxylic acids is 3. The number of nitrogens with one attached hydrogen (secondary N) is 5. The molecule has 0 unspecified atom stereocenters. The Kier molecular flexibility index (Phi) is 13.9. The maximum absolute atomic E-state index is 12.7. The van der Waals surface area contributed by atoms with Crippen LogP contribution in [0.2, 0.25) is 0 Å². The maximum atomic E-state index is 12.7. The van der Waals surface area contributed by atoms with E-state index >= 15 is 0 Å². The predicted molar refractivity (Wildman–Crippen MR) is 182 cm³/mol. The molecule has 0 aliphatic carbocycles. The first-order valence-corrected chi connectivity index (χ1v) is 15.7. The molecule has 0 spiro atoms. The zero-order valence-electron chi connectivity index (χ0n) is 27.3. The topological polar surface area (TPSA) is 276 Å². The number of anilines is 2. The van der Waals surface area contributed by atoms with Crippen LogP contribution in [-0.2, 0) is 25.6 Å². The summed E-state index contributed by atoms with van der Waals surface area (Å²) >= 11 is 0. The van der Waals surface area contributed by atoms with Crippen molar-refractivity contribution in [2.24, 2.45) is 0 Å². The van der Waals surface area contributed by atoms with E-state index in [-0.39, 0.29) is 87.5 Å². The number of nitrogen functional groups attached to an aromatic ring is 1. The average molecular weight is 701 g/mol. The van der Waals surface area contributed by atoms with Crippen LogP contribution in [0.5, 0.6) is 0 Å². The van der Waals surface area contributed by atoms with E-state index in [0.717, 1.165) is 0 Å². The number of aromatic amines is 1. The lowest BCUT2D eigenvalue weighted by Crippen LogP contribution is -2.41. The van der Waals surface area contributed by atoms with Gasteiger partial charge in [-0.05, 0) is 48.9 Å². The minimum atomic E-state index is -1.29. The SMILES string of the molecule is N#Cc1cccc(C(=O)NCCOCCOCCNC(=O)CC[C@H](NC(=O)c2ccc(NCc3cnc4nc(N)[nH]c(=O)c4n3)cc2)C(=O)O)c1. The van der Waals surface area contributed by atoms with Gasteiger partial charge in [-0.25, -0.2) is 14.8 Å². The Morgan fingerprint density at radius 3 is 2.37 bits per heavy atom. The van der Waals surface area contributed by atoms with E-state index in [4.69, 9.17) is 20.5 Å². The van der Waals surface area contributed by atoms with E-state index in [0.29, 0.717) is 22.5 Å². The lowest BCUT2D eigenvalue weighted by Gasteiger charge is -2.15. The molecule has 18 nitrogen and oxygen atoms in total. The number of hydrogen-bond acceptors (Lipinski definition) is 13. The number of nitrogens with two attached hydrogens (primary N) is 1. The summed E-state index contributed by atoms with van der Waals surface area (Å²) in [6.45, 7) is 1.67. The highest BCUT2D eigenvalue weighted by Crippen LogP contribution is 2.12. The number of hydrogen-bond donors (Lipinski definition) is 7. The minimum absolute atomic E-state index is 0.0484. The number of aliphatic carboxylic acids is 1. The molecular weight excluding hydrogens is 664 g/mol. The van der Waals surface area contributed by atoms with Gasteiger partial charge < -0.3 is 41.6 Å². The van der Waals surface area contributed by atoms with Crippen LogP contribution in [-0.4, -0.2) is 94.3 Å². The Morgan fingerprint density at radius 2 is 1.67 bits per heavy atom. The zero-order chi connectivity index (χ0) is 36.6. The Hall–Kier alpha value is -6.45. The number of amides is 3. The van der Waals surface area contributed by atoms with E-state index < -0.39 is 29.4 Å². The number of ether oxygens (including phenoxy) is 2. The van der Waals surface area contributed by atoms with Crippen LogP contribution in [0.1, 0.15) is 44.8 Å². The molecule has 0 radical (unpaired) electrons. The average Bonchev–Trinajstić information content (AvgIpc) is 3.13. The molecule has 0 saturated carbocycles. The first kappa shape index (κ1) is 37.4. The first-order valence-electron chi connectivity index (χ1n) is 15.7. The van der Waals surface area contributed by atoms with Crippen molar-refractivity contribution in [3.05, 3.63) is 87.5 Å². The van der Waals surface area contributed by atoms with Crippen LogP contribution in [0.3, 0.4) is 0 Å². The van der Waals surface area contributed by atoms with Gasteiger partial charge in [0, 0.05) is 36.3 Å². The number of carbonyl (C=O) groups is 4. The normalized spacial score (nSPS) is 11.3. The number of carboxylic acids is 1. The van der Waals surface area contributed by atoms with E-state index in [2.05, 4.69) is 41.2 Å². The summed E-state index contributed by atoms with van der Waals surface area (Å²) in [5, 5.41) is 29.4. The third-order valence-corrected chi connectivity index (χ3v) is 7.10. The standard InChI is InChI=1S/C33H36N10O8/c34-17-20-2-1-3-22(16-20)29(45)37-11-13-51-15-14-50-12-10-36-26(44)9-8-25(32(48)49)41-30(46)21-4-6-23(7-5-21)38-18-24-19-39-28-27(40-24)31(47)43-33(35)42-28/h1-7,16,19,25,38H,8-15,18H2,(H,36,44)(H,37,45)(H,41,46)(H,48,49)(H3,35,39,42,43,47)/t25-/m0/s1. The lowest BCUT2D eigenvalue weighted by molar-refractivity contribution is -0.139. The van der Waals surface area contributed by atoms with E-state index in [1.54, 1.807) is 30.3 Å². The van der Waals surface area contributed by atoms with Crippen molar-refractivity contribution in [3.63, 3.8) is 0 Å². The highest BCUT2D eigenvalue weighted by atomic mass is 16.5. The molecule has 2 aromatic carbocycles. The molecule has 4 rings (SSSR count). The van der Waals surface area contributed by atoms with Crippen LogP contribution >= 0.6 is 0 Å². The fraction of sp³-hybridized carbons (Fsp3) is 0.303. The number of nitrogens with zero attached hydrogens (tertiary/aromatic N) is 4. The third-order valence-electron chi connectivity index (χ3n) is 7.10. The lowest BCUT2D eigenvalue weighted by atomic mass is 10.1. The van der Waals surface area contributed by atoms with Crippen LogP contribution in [0, 0.1) is 11.3 Å². The van der Waals surface area contributed by atoms with Gasteiger partial charge in [-0.1, -0.05) is 6.07 Å². The summed E-state index contributed by atoms with van der Waals surface area (Å²) in [5.74, 6) is -2.67. The van der Waals surface area contributed by atoms with Crippen LogP contribution in [0.4, 0.5) is 11.6 Å². The second-order valence-corrected chi connectivity index (χ2v) is 10.8. The molecule has 266 valence electrons. The van der Waals surface area contributed by atoms with Crippen molar-refractivity contribution in [2.75, 3.05) is 50.6 Å². The molecule has 2 heterocycles. The van der Waals surface area contributed by atoms with Gasteiger partial charge in [-0.3, -0.25) is 24.2 Å². The number of H-pyrrole nitrogens is 1. The van der Waals surface area contributed by atoms with Crippen molar-refractivity contribution in [1.82, 2.24) is 35.9 Å². The van der Waals surface area contributed by atoms with Crippen LogP contribution in [0.25, 0.3) is 11.2 Å². The van der Waals surface area contributed by atoms with E-state index in [1.165, 1.54) is 24.4 Å². The van der Waals surface area contributed by atoms with Gasteiger partial charge >= 0.3 is 5.97 Å². The summed E-state index contributed by atoms with van der Waals surface area (Å²) in [5.41, 5.74) is 7.27. The second-order valence-electron chi connectivity index (χ2n) is 10.8. The third kappa shape index (κ3) is 11.9. The smallest absolute Gasteiger partial charge is 0.326 e. The van der Waals surface area contributed by atoms with Crippen molar-refractivity contribution in [1.29, 1.82) is 5.26 Å². The summed E-state index contributed by atoms with van der Waals surface area (Å²) in [6, 6.07) is 13.3. The molecule has 0 bridgehead atoms. The molecule has 18 heteroatoms. The van der Waals surface area contributed by atoms with Crippen molar-refractivity contribution >= 4 is 46.5 Å². The summed E-state index contributed by atoms with van der Waals surface area (Å²) < 4.78 is 10.8. The van der Waals surface area contributed by atoms with E-state index in [9.17, 15) is 29.1 Å². The number of carboxylic acid groups (broad SMARTS) is 1. The molecular formula is C33H36N10O8. The largest absolute Gasteiger partial charge is 0.480 e. The molecule has 51 heavy (non-hydrogen) atoms. The molecule has 0 saturated heterocycles. The van der Waals surface area contributed by atoms with Crippen molar-refractivity contribution < 1.29 is 33.8 Å². The van der Waals surface area contributed by atoms with Gasteiger partial charge in [-0.15, -0.1) is 0 Å². The van der Waals surface area contributed by atoms with Gasteiger partial charge in [0.2, 0.25) is 11.9 Å². The molecule has 0 aliphatic rings. The van der Waals surface area contributed by atoms with Gasteiger partial charge in [0.05, 0.1) is 56.5 Å². The molecule has 1 atom stereocenters. The molecule has 3 amide bonds. The minimum Gasteiger partial charge on any atom is -0.480 e. The molecule has 0 aliphatic heterocycles. The Bertz CT molecular complexity index is 1940. The summed E-state index contributed by atoms with van der Waals surface area (Å²) in [7, 11) is 0. The molecule has 4 aromatic rings. The number of rotatable bonds is 19. The summed E-state index contributed by atoms with van der Waals surface area (Å²) in [4.78, 5) is 75.5. The highest BCUT2D eigenvalue weighted by Gasteiger charge is 2.22. The maximum Gasteiger partial charge on any atom is 0.326 e. The van der Waals surface area contributed by atoms with Crippen molar-refractivity contribution in [3.8, 4) is 6.07 Å². The molecule has 2 aromatic heterocycles. The van der Waals surface area contributed by atoms with Crippen molar-refractivity contribution in [2.45, 2.75) is 25.4 Å². The second kappa shape index (κ2) is 18.9. The Labute approximate surface area is 290 Å². The fourth-order valence-electron chi connectivity index (χ4n) is 4.50. The predicted octanol–water partition coefficient (Wildman–Crippen LogP) is 0.322. The highest BCUT2D eigenvalue weighted by molar-refractivity contribution is 5.97. The Morgan fingerprint density at radius 1 is 0.941 bits per heavy atom. The number of fused-ring (bicyclic) bond motifs is 1. The molecule has 8 N–H and O–H groups in total. The number of nitriles is 1. The van der Waals surface area contributed by atoms with E-state index in [1.807, 2.05) is 6.07 Å². The zero-order valence-corrected chi connectivity index (χ0v) is 27.3. The Balaban J connectivity index is 1.07. The number of aromatic nitrogens is 4.